The number of nitrogens with two attached hydrogens (primary N) is 1. The van der Waals surface area contributed by atoms with Gasteiger partial charge in [0.1, 0.15) is 5.75 Å². The molecule has 4 heteroatoms. The molecule has 1 aromatic heterocycles. The highest BCUT2D eigenvalue weighted by Gasteiger charge is 2.10. The molecular weight excluding hydrogens is 244 g/mol. The molecule has 0 amide bonds. The van der Waals surface area contributed by atoms with Gasteiger partial charge in [0.15, 0.2) is 0 Å². The molecule has 0 aliphatic carbocycles. The van der Waals surface area contributed by atoms with Gasteiger partial charge in [0.25, 0.3) is 0 Å². The van der Waals surface area contributed by atoms with Crippen molar-refractivity contribution < 1.29 is 4.74 Å². The van der Waals surface area contributed by atoms with Crippen LogP contribution in [-0.4, -0.2) is 18.1 Å². The zero-order valence-electron chi connectivity index (χ0n) is 10.7. The molecule has 0 aliphatic heterocycles. The molecule has 0 fully saturated rings. The lowest BCUT2D eigenvalue weighted by molar-refractivity contribution is 0.407. The molecule has 0 saturated carbocycles. The van der Waals surface area contributed by atoms with E-state index in [1.54, 1.807) is 18.4 Å². The fourth-order valence-electron chi connectivity index (χ4n) is 2.00. The molecule has 0 bridgehead atoms. The standard InChI is InChI=1S/C14H18N2OS/c1-10-16-13(9-18-10)8-12(15)7-11-5-3-4-6-14(11)17-2/h3-6,9,12H,7-8,15H2,1-2H3. The van der Waals surface area contributed by atoms with E-state index in [-0.39, 0.29) is 6.04 Å². The van der Waals surface area contributed by atoms with E-state index in [0.717, 1.165) is 34.9 Å². The summed E-state index contributed by atoms with van der Waals surface area (Å²) in [5.74, 6) is 0.905. The van der Waals surface area contributed by atoms with Gasteiger partial charge in [-0.2, -0.15) is 0 Å². The Morgan fingerprint density at radius 2 is 2.11 bits per heavy atom. The average Bonchev–Trinajstić information content (AvgIpc) is 2.75. The first kappa shape index (κ1) is 13.1. The first-order valence-corrected chi connectivity index (χ1v) is 6.85. The number of benzene rings is 1. The van der Waals surface area contributed by atoms with Gasteiger partial charge in [0.2, 0.25) is 0 Å². The Kier molecular flexibility index (Phi) is 4.33. The number of hydrogen-bond acceptors (Lipinski definition) is 4. The predicted octanol–water partition coefficient (Wildman–Crippen LogP) is 2.57. The van der Waals surface area contributed by atoms with Crippen LogP contribution in [0.3, 0.4) is 0 Å². The molecule has 0 spiro atoms. The molecule has 2 aromatic rings. The van der Waals surface area contributed by atoms with E-state index in [9.17, 15) is 0 Å². The van der Waals surface area contributed by atoms with Gasteiger partial charge in [-0.3, -0.25) is 0 Å². The highest BCUT2D eigenvalue weighted by molar-refractivity contribution is 7.09. The molecule has 3 nitrogen and oxygen atoms in total. The van der Waals surface area contributed by atoms with Crippen LogP contribution in [0.4, 0.5) is 0 Å². The topological polar surface area (TPSA) is 48.1 Å². The van der Waals surface area contributed by atoms with E-state index < -0.39 is 0 Å². The molecule has 2 N–H and O–H groups in total. The number of nitrogens with zero attached hydrogens (tertiary/aromatic N) is 1. The van der Waals surface area contributed by atoms with Crippen molar-refractivity contribution in [3.8, 4) is 5.75 Å². The smallest absolute Gasteiger partial charge is 0.122 e. The van der Waals surface area contributed by atoms with Crippen LogP contribution in [0.5, 0.6) is 5.75 Å². The molecule has 1 atom stereocenters. The van der Waals surface area contributed by atoms with Crippen molar-refractivity contribution >= 4 is 11.3 Å². The molecule has 0 saturated heterocycles. The van der Waals surface area contributed by atoms with Crippen LogP contribution in [0.25, 0.3) is 0 Å². The molecule has 18 heavy (non-hydrogen) atoms. The van der Waals surface area contributed by atoms with Crippen molar-refractivity contribution in [2.45, 2.75) is 25.8 Å². The Morgan fingerprint density at radius 3 is 2.78 bits per heavy atom. The minimum Gasteiger partial charge on any atom is -0.496 e. The van der Waals surface area contributed by atoms with Crippen molar-refractivity contribution in [2.24, 2.45) is 5.73 Å². The van der Waals surface area contributed by atoms with Gasteiger partial charge in [-0.25, -0.2) is 4.98 Å². The van der Waals surface area contributed by atoms with Gasteiger partial charge in [-0.1, -0.05) is 18.2 Å². The second-order valence-corrected chi connectivity index (χ2v) is 5.40. The van der Waals surface area contributed by atoms with Crippen molar-refractivity contribution in [3.63, 3.8) is 0 Å². The summed E-state index contributed by atoms with van der Waals surface area (Å²) >= 11 is 1.67. The van der Waals surface area contributed by atoms with Gasteiger partial charge in [0, 0.05) is 17.8 Å². The minimum absolute atomic E-state index is 0.0720. The number of para-hydroxylation sites is 1. The molecule has 1 heterocycles. The third-order valence-electron chi connectivity index (χ3n) is 2.81. The molecule has 96 valence electrons. The summed E-state index contributed by atoms with van der Waals surface area (Å²) < 4.78 is 5.33. The Balaban J connectivity index is 2.00. The van der Waals surface area contributed by atoms with E-state index >= 15 is 0 Å². The summed E-state index contributed by atoms with van der Waals surface area (Å²) in [5.41, 5.74) is 8.42. The summed E-state index contributed by atoms with van der Waals surface area (Å²) in [5, 5.41) is 3.17. The normalized spacial score (nSPS) is 12.4. The summed E-state index contributed by atoms with van der Waals surface area (Å²) in [7, 11) is 1.69. The van der Waals surface area contributed by atoms with Crippen LogP contribution < -0.4 is 10.5 Å². The van der Waals surface area contributed by atoms with Gasteiger partial charge in [-0.05, 0) is 25.0 Å². The van der Waals surface area contributed by atoms with Gasteiger partial charge >= 0.3 is 0 Å². The number of hydrogen-bond donors (Lipinski definition) is 1. The minimum atomic E-state index is 0.0720. The highest BCUT2D eigenvalue weighted by atomic mass is 32.1. The molecule has 2 rings (SSSR count). The van der Waals surface area contributed by atoms with Crippen LogP contribution >= 0.6 is 11.3 Å². The lowest BCUT2D eigenvalue weighted by Crippen LogP contribution is -2.25. The Labute approximate surface area is 112 Å². The van der Waals surface area contributed by atoms with Crippen LogP contribution in [0.2, 0.25) is 0 Å². The maximum Gasteiger partial charge on any atom is 0.122 e. The van der Waals surface area contributed by atoms with Gasteiger partial charge < -0.3 is 10.5 Å². The number of rotatable bonds is 5. The Morgan fingerprint density at radius 1 is 1.33 bits per heavy atom. The maximum atomic E-state index is 6.18. The van der Waals surface area contributed by atoms with Crippen LogP contribution in [0, 0.1) is 6.92 Å². The number of aromatic nitrogens is 1. The van der Waals surface area contributed by atoms with Crippen molar-refractivity contribution in [2.75, 3.05) is 7.11 Å². The first-order chi connectivity index (χ1) is 8.69. The lowest BCUT2D eigenvalue weighted by atomic mass is 10.0. The molecule has 0 aliphatic rings. The number of aryl methyl sites for hydroxylation is 1. The zero-order chi connectivity index (χ0) is 13.0. The Bertz CT molecular complexity index is 510. The molecule has 1 unspecified atom stereocenters. The monoisotopic (exact) mass is 262 g/mol. The molecule has 0 radical (unpaired) electrons. The van der Waals surface area contributed by atoms with Crippen LogP contribution in [-0.2, 0) is 12.8 Å². The second-order valence-electron chi connectivity index (χ2n) is 4.34. The third-order valence-corrected chi connectivity index (χ3v) is 3.63. The van der Waals surface area contributed by atoms with Crippen molar-refractivity contribution in [3.05, 3.63) is 45.9 Å². The van der Waals surface area contributed by atoms with E-state index in [0.29, 0.717) is 0 Å². The summed E-state index contributed by atoms with van der Waals surface area (Å²) in [6.45, 7) is 2.01. The van der Waals surface area contributed by atoms with Crippen molar-refractivity contribution in [1.29, 1.82) is 0 Å². The Hall–Kier alpha value is -1.39. The van der Waals surface area contributed by atoms with Crippen LogP contribution in [0.15, 0.2) is 29.6 Å². The first-order valence-electron chi connectivity index (χ1n) is 5.97. The van der Waals surface area contributed by atoms with E-state index in [2.05, 4.69) is 16.4 Å². The van der Waals surface area contributed by atoms with E-state index in [1.165, 1.54) is 0 Å². The predicted molar refractivity (Wildman–Crippen MR) is 75.2 cm³/mol. The fourth-order valence-corrected chi connectivity index (χ4v) is 2.62. The summed E-state index contributed by atoms with van der Waals surface area (Å²) in [6, 6.07) is 8.08. The maximum absolute atomic E-state index is 6.18. The largest absolute Gasteiger partial charge is 0.496 e. The highest BCUT2D eigenvalue weighted by Crippen LogP contribution is 2.19. The summed E-state index contributed by atoms with van der Waals surface area (Å²) in [6.07, 6.45) is 1.61. The third kappa shape index (κ3) is 3.31. The number of ether oxygens (including phenoxy) is 1. The quantitative estimate of drug-likeness (QED) is 0.901. The number of methoxy groups -OCH3 is 1. The summed E-state index contributed by atoms with van der Waals surface area (Å²) in [4.78, 5) is 4.44. The average molecular weight is 262 g/mol. The van der Waals surface area contributed by atoms with Gasteiger partial charge in [-0.15, -0.1) is 11.3 Å². The molecular formula is C14H18N2OS. The SMILES string of the molecule is COc1ccccc1CC(N)Cc1csc(C)n1. The molecule has 1 aromatic carbocycles. The van der Waals surface area contributed by atoms with E-state index in [4.69, 9.17) is 10.5 Å². The van der Waals surface area contributed by atoms with E-state index in [1.807, 2.05) is 25.1 Å². The lowest BCUT2D eigenvalue weighted by Gasteiger charge is -2.13. The van der Waals surface area contributed by atoms with Crippen LogP contribution in [0.1, 0.15) is 16.3 Å². The zero-order valence-corrected chi connectivity index (χ0v) is 11.5. The second kappa shape index (κ2) is 5.98. The number of thiazole rings is 1. The van der Waals surface area contributed by atoms with Crippen molar-refractivity contribution in [1.82, 2.24) is 4.98 Å². The van der Waals surface area contributed by atoms with Gasteiger partial charge in [0.05, 0.1) is 17.8 Å². The fraction of sp³-hybridized carbons (Fsp3) is 0.357.